The molecule has 1 heterocycles. The Morgan fingerprint density at radius 1 is 1.67 bits per heavy atom. The molecule has 0 aromatic heterocycles. The second kappa shape index (κ2) is 2.31. The number of aliphatic carboxylic acids is 1. The van der Waals surface area contributed by atoms with Crippen molar-refractivity contribution in [3.8, 4) is 0 Å². The van der Waals surface area contributed by atoms with Gasteiger partial charge in [0.15, 0.2) is 0 Å². The van der Waals surface area contributed by atoms with Crippen LogP contribution in [0.5, 0.6) is 0 Å². The number of carboxylic acids is 1. The zero-order chi connectivity index (χ0) is 6.85. The van der Waals surface area contributed by atoms with Crippen LogP contribution in [0.3, 0.4) is 0 Å². The highest BCUT2D eigenvalue weighted by atomic mass is 19.1. The molecule has 0 aliphatic carbocycles. The second-order valence-corrected chi connectivity index (χ2v) is 2.12. The van der Waals surface area contributed by atoms with Crippen LogP contribution < -0.4 is 5.32 Å². The number of halogens is 1. The zero-order valence-electron chi connectivity index (χ0n) is 4.80. The molecule has 2 N–H and O–H groups in total. The molecule has 0 saturated carbocycles. The normalized spacial score (nSPS) is 34.8. The number of hydrogen-bond acceptors (Lipinski definition) is 2. The molecular formula is C5H8FNO2. The van der Waals surface area contributed by atoms with Crippen LogP contribution in [0.1, 0.15) is 0 Å². The Kier molecular flexibility index (Phi) is 1.66. The van der Waals surface area contributed by atoms with Crippen LogP contribution in [0.25, 0.3) is 0 Å². The van der Waals surface area contributed by atoms with E-state index in [2.05, 4.69) is 5.32 Å². The Morgan fingerprint density at radius 2 is 2.33 bits per heavy atom. The first kappa shape index (κ1) is 6.48. The summed E-state index contributed by atoms with van der Waals surface area (Å²) < 4.78 is 12.4. The Morgan fingerprint density at radius 3 is 2.56 bits per heavy atom. The van der Waals surface area contributed by atoms with Gasteiger partial charge in [0, 0.05) is 13.1 Å². The van der Waals surface area contributed by atoms with Crippen LogP contribution in [0, 0.1) is 5.92 Å². The monoisotopic (exact) mass is 133 g/mol. The molecule has 0 unspecified atom stereocenters. The third-order valence-corrected chi connectivity index (χ3v) is 1.46. The maximum atomic E-state index is 12.4. The zero-order valence-corrected chi connectivity index (χ0v) is 4.80. The number of alkyl halides is 1. The molecule has 3 nitrogen and oxygen atoms in total. The third kappa shape index (κ3) is 1.18. The van der Waals surface area contributed by atoms with Crippen molar-refractivity contribution in [1.82, 2.24) is 5.32 Å². The van der Waals surface area contributed by atoms with Gasteiger partial charge in [-0.1, -0.05) is 0 Å². The van der Waals surface area contributed by atoms with E-state index in [0.29, 0.717) is 0 Å². The van der Waals surface area contributed by atoms with E-state index in [1.807, 2.05) is 0 Å². The van der Waals surface area contributed by atoms with Crippen LogP contribution in [0.15, 0.2) is 0 Å². The second-order valence-electron chi connectivity index (χ2n) is 2.12. The molecule has 1 saturated heterocycles. The molecule has 0 aromatic carbocycles. The van der Waals surface area contributed by atoms with Gasteiger partial charge in [-0.3, -0.25) is 4.79 Å². The fourth-order valence-electron chi connectivity index (χ4n) is 0.889. The van der Waals surface area contributed by atoms with Crippen molar-refractivity contribution in [2.24, 2.45) is 5.92 Å². The first-order chi connectivity index (χ1) is 4.22. The van der Waals surface area contributed by atoms with Gasteiger partial charge in [0.2, 0.25) is 0 Å². The molecule has 1 fully saturated rings. The average Bonchev–Trinajstić information content (AvgIpc) is 2.13. The summed E-state index contributed by atoms with van der Waals surface area (Å²) in [5.41, 5.74) is 0. The van der Waals surface area contributed by atoms with E-state index >= 15 is 0 Å². The summed E-state index contributed by atoms with van der Waals surface area (Å²) in [5.74, 6) is -1.88. The van der Waals surface area contributed by atoms with E-state index in [4.69, 9.17) is 5.11 Å². The lowest BCUT2D eigenvalue weighted by Gasteiger charge is -2.02. The summed E-state index contributed by atoms with van der Waals surface area (Å²) in [6.07, 6.45) is -1.21. The number of rotatable bonds is 1. The Hall–Kier alpha value is -0.640. The van der Waals surface area contributed by atoms with Gasteiger partial charge < -0.3 is 10.4 Å². The SMILES string of the molecule is O=C(O)[C@@H]1CNC[C@H]1F. The molecule has 0 bridgehead atoms. The fourth-order valence-corrected chi connectivity index (χ4v) is 0.889. The highest BCUT2D eigenvalue weighted by molar-refractivity contribution is 5.71. The van der Waals surface area contributed by atoms with Gasteiger partial charge in [-0.2, -0.15) is 0 Å². The van der Waals surface area contributed by atoms with Crippen LogP contribution in [0.4, 0.5) is 4.39 Å². The van der Waals surface area contributed by atoms with Crippen LogP contribution in [-0.4, -0.2) is 30.3 Å². The number of carbonyl (C=O) groups is 1. The minimum Gasteiger partial charge on any atom is -0.481 e. The Balaban J connectivity index is 2.49. The van der Waals surface area contributed by atoms with Crippen molar-refractivity contribution >= 4 is 5.97 Å². The molecule has 0 aromatic rings. The van der Waals surface area contributed by atoms with Gasteiger partial charge >= 0.3 is 5.97 Å². The van der Waals surface area contributed by atoms with E-state index in [-0.39, 0.29) is 13.1 Å². The number of hydrogen-bond donors (Lipinski definition) is 2. The van der Waals surface area contributed by atoms with Gasteiger partial charge in [0.1, 0.15) is 12.1 Å². The molecule has 1 aliphatic heterocycles. The Labute approximate surface area is 51.9 Å². The summed E-state index contributed by atoms with van der Waals surface area (Å²) in [6, 6.07) is 0. The molecule has 0 radical (unpaired) electrons. The summed E-state index contributed by atoms with van der Waals surface area (Å²) >= 11 is 0. The minimum atomic E-state index is -1.21. The summed E-state index contributed by atoms with van der Waals surface area (Å²) in [6.45, 7) is 0.438. The van der Waals surface area contributed by atoms with Gasteiger partial charge in [-0.15, -0.1) is 0 Å². The van der Waals surface area contributed by atoms with Crippen LogP contribution >= 0.6 is 0 Å². The Bertz CT molecular complexity index is 128. The average molecular weight is 133 g/mol. The maximum absolute atomic E-state index is 12.4. The molecule has 1 aliphatic rings. The van der Waals surface area contributed by atoms with E-state index < -0.39 is 18.1 Å². The van der Waals surface area contributed by atoms with Crippen molar-refractivity contribution in [2.45, 2.75) is 6.17 Å². The van der Waals surface area contributed by atoms with E-state index in [1.165, 1.54) is 0 Å². The lowest BCUT2D eigenvalue weighted by Crippen LogP contribution is -2.22. The van der Waals surface area contributed by atoms with Crippen molar-refractivity contribution < 1.29 is 14.3 Å². The summed E-state index contributed by atoms with van der Waals surface area (Å²) in [5, 5.41) is 11.0. The van der Waals surface area contributed by atoms with Gasteiger partial charge in [-0.25, -0.2) is 4.39 Å². The van der Waals surface area contributed by atoms with Crippen molar-refractivity contribution in [2.75, 3.05) is 13.1 Å². The maximum Gasteiger partial charge on any atom is 0.310 e. The standard InChI is InChI=1S/C5H8FNO2/c6-4-2-7-1-3(4)5(8)9/h3-4,7H,1-2H2,(H,8,9)/t3-,4-/m1/s1. The quantitative estimate of drug-likeness (QED) is 0.513. The lowest BCUT2D eigenvalue weighted by molar-refractivity contribution is -0.142. The van der Waals surface area contributed by atoms with E-state index in [9.17, 15) is 9.18 Å². The summed E-state index contributed by atoms with van der Waals surface area (Å²) in [4.78, 5) is 10.1. The predicted molar refractivity (Wildman–Crippen MR) is 28.9 cm³/mol. The predicted octanol–water partition coefficient (Wildman–Crippen LogP) is -0.372. The summed E-state index contributed by atoms with van der Waals surface area (Å²) in [7, 11) is 0. The molecular weight excluding hydrogens is 125 g/mol. The smallest absolute Gasteiger partial charge is 0.310 e. The van der Waals surface area contributed by atoms with E-state index in [1.54, 1.807) is 0 Å². The lowest BCUT2D eigenvalue weighted by atomic mass is 10.1. The molecule has 2 atom stereocenters. The molecule has 0 spiro atoms. The largest absolute Gasteiger partial charge is 0.481 e. The molecule has 52 valence electrons. The molecule has 4 heteroatoms. The van der Waals surface area contributed by atoms with Crippen LogP contribution in [0.2, 0.25) is 0 Å². The first-order valence-corrected chi connectivity index (χ1v) is 2.79. The highest BCUT2D eigenvalue weighted by Crippen LogP contribution is 2.11. The van der Waals surface area contributed by atoms with Gasteiger partial charge in [0.25, 0.3) is 0 Å². The number of nitrogens with one attached hydrogen (secondary N) is 1. The van der Waals surface area contributed by atoms with Crippen LogP contribution in [-0.2, 0) is 4.79 Å². The van der Waals surface area contributed by atoms with Crippen molar-refractivity contribution in [1.29, 1.82) is 0 Å². The first-order valence-electron chi connectivity index (χ1n) is 2.79. The van der Waals surface area contributed by atoms with Crippen molar-refractivity contribution in [3.05, 3.63) is 0 Å². The number of carboxylic acid groups (broad SMARTS) is 1. The molecule has 0 amide bonds. The van der Waals surface area contributed by atoms with E-state index in [0.717, 1.165) is 0 Å². The highest BCUT2D eigenvalue weighted by Gasteiger charge is 2.32. The molecule has 9 heavy (non-hydrogen) atoms. The van der Waals surface area contributed by atoms with Gasteiger partial charge in [0.05, 0.1) is 0 Å². The van der Waals surface area contributed by atoms with Gasteiger partial charge in [-0.05, 0) is 0 Å². The molecule has 1 rings (SSSR count). The van der Waals surface area contributed by atoms with Crippen molar-refractivity contribution in [3.63, 3.8) is 0 Å². The minimum absolute atomic E-state index is 0.178. The third-order valence-electron chi connectivity index (χ3n) is 1.46. The fraction of sp³-hybridized carbons (Fsp3) is 0.800. The topological polar surface area (TPSA) is 49.3 Å².